The Bertz CT molecular complexity index is 724. The summed E-state index contributed by atoms with van der Waals surface area (Å²) in [6.07, 6.45) is 0. The maximum atomic E-state index is 12.1. The highest BCUT2D eigenvalue weighted by molar-refractivity contribution is 7.10. The molecule has 6 heteroatoms. The van der Waals surface area contributed by atoms with E-state index in [1.54, 1.807) is 25.2 Å². The average molecular weight is 317 g/mol. The second-order valence-corrected chi connectivity index (χ2v) is 6.35. The summed E-state index contributed by atoms with van der Waals surface area (Å²) in [5.74, 6) is 0.694. The molecule has 2 heterocycles. The van der Waals surface area contributed by atoms with Gasteiger partial charge in [0.05, 0.1) is 6.54 Å². The SMILES string of the molecule is Cc1ccsc1CN(C)CC(=O)Nc1oc(C)c(C)c1C#N. The van der Waals surface area contributed by atoms with Crippen molar-refractivity contribution < 1.29 is 9.21 Å². The first-order valence-corrected chi connectivity index (χ1v) is 7.81. The largest absolute Gasteiger partial charge is 0.444 e. The molecule has 22 heavy (non-hydrogen) atoms. The number of likely N-dealkylation sites (N-methyl/N-ethyl adjacent to an activating group) is 1. The van der Waals surface area contributed by atoms with E-state index in [9.17, 15) is 4.79 Å². The van der Waals surface area contributed by atoms with E-state index in [1.807, 2.05) is 17.3 Å². The first-order chi connectivity index (χ1) is 10.4. The highest BCUT2D eigenvalue weighted by atomic mass is 32.1. The standard InChI is InChI=1S/C16H19N3O2S/c1-10-5-6-22-14(10)8-19(4)9-15(20)18-16-13(7-17)11(2)12(3)21-16/h5-6H,8-9H2,1-4H3,(H,18,20). The minimum atomic E-state index is -0.193. The van der Waals surface area contributed by atoms with E-state index in [2.05, 4.69) is 24.4 Å². The van der Waals surface area contributed by atoms with Gasteiger partial charge in [0.15, 0.2) is 0 Å². The molecule has 1 N–H and O–H groups in total. The number of carbonyl (C=O) groups is 1. The minimum absolute atomic E-state index is 0.193. The van der Waals surface area contributed by atoms with Gasteiger partial charge in [-0.1, -0.05) is 0 Å². The summed E-state index contributed by atoms with van der Waals surface area (Å²) in [4.78, 5) is 15.3. The summed E-state index contributed by atoms with van der Waals surface area (Å²) in [5.41, 5.74) is 2.39. The van der Waals surface area contributed by atoms with Crippen LogP contribution in [0.5, 0.6) is 0 Å². The van der Waals surface area contributed by atoms with Crippen LogP contribution in [0, 0.1) is 32.1 Å². The lowest BCUT2D eigenvalue weighted by molar-refractivity contribution is -0.117. The molecule has 0 atom stereocenters. The van der Waals surface area contributed by atoms with Crippen molar-refractivity contribution in [1.29, 1.82) is 5.26 Å². The molecule has 2 aromatic rings. The summed E-state index contributed by atoms with van der Waals surface area (Å²) in [6, 6.07) is 4.14. The normalized spacial score (nSPS) is 10.7. The summed E-state index contributed by atoms with van der Waals surface area (Å²) >= 11 is 1.69. The van der Waals surface area contributed by atoms with E-state index >= 15 is 0 Å². The molecule has 0 aromatic carbocycles. The topological polar surface area (TPSA) is 69.3 Å². The van der Waals surface area contributed by atoms with Crippen LogP contribution in [0.1, 0.15) is 27.3 Å². The van der Waals surface area contributed by atoms with Crippen LogP contribution in [-0.2, 0) is 11.3 Å². The summed E-state index contributed by atoms with van der Waals surface area (Å²) in [7, 11) is 1.89. The van der Waals surface area contributed by atoms with Gasteiger partial charge in [-0.3, -0.25) is 15.0 Å². The Hall–Kier alpha value is -2.10. The third kappa shape index (κ3) is 3.56. The van der Waals surface area contributed by atoms with Crippen molar-refractivity contribution in [3.63, 3.8) is 0 Å². The van der Waals surface area contributed by atoms with Gasteiger partial charge < -0.3 is 4.42 Å². The lowest BCUT2D eigenvalue weighted by Gasteiger charge is -2.15. The van der Waals surface area contributed by atoms with Gasteiger partial charge in [0.2, 0.25) is 11.8 Å². The van der Waals surface area contributed by atoms with Crippen molar-refractivity contribution >= 4 is 23.1 Å². The van der Waals surface area contributed by atoms with Gasteiger partial charge in [0.1, 0.15) is 17.4 Å². The quantitative estimate of drug-likeness (QED) is 0.919. The Morgan fingerprint density at radius 1 is 1.45 bits per heavy atom. The molecule has 2 aromatic heterocycles. The fourth-order valence-corrected chi connectivity index (χ4v) is 3.11. The molecule has 1 amide bonds. The number of amides is 1. The monoisotopic (exact) mass is 317 g/mol. The van der Waals surface area contributed by atoms with Crippen LogP contribution in [0.25, 0.3) is 0 Å². The molecule has 0 radical (unpaired) electrons. The Balaban J connectivity index is 1.97. The van der Waals surface area contributed by atoms with E-state index in [0.717, 1.165) is 12.1 Å². The van der Waals surface area contributed by atoms with E-state index in [4.69, 9.17) is 9.68 Å². The first-order valence-electron chi connectivity index (χ1n) is 6.93. The van der Waals surface area contributed by atoms with Crippen molar-refractivity contribution in [2.45, 2.75) is 27.3 Å². The molecule has 0 aliphatic heterocycles. The molecule has 0 fully saturated rings. The van der Waals surface area contributed by atoms with Crippen LogP contribution in [0.15, 0.2) is 15.9 Å². The molecule has 0 spiro atoms. The van der Waals surface area contributed by atoms with Crippen LogP contribution in [0.2, 0.25) is 0 Å². The Labute approximate surface area is 134 Å². The van der Waals surface area contributed by atoms with Gasteiger partial charge in [-0.05, 0) is 44.8 Å². The number of anilines is 1. The Kier molecular flexibility index (Phi) is 5.01. The Morgan fingerprint density at radius 2 is 2.18 bits per heavy atom. The lowest BCUT2D eigenvalue weighted by atomic mass is 10.2. The number of hydrogen-bond donors (Lipinski definition) is 1. The number of furan rings is 1. The highest BCUT2D eigenvalue weighted by Crippen LogP contribution is 2.25. The lowest BCUT2D eigenvalue weighted by Crippen LogP contribution is -2.29. The predicted molar refractivity (Wildman–Crippen MR) is 86.9 cm³/mol. The maximum Gasteiger partial charge on any atom is 0.240 e. The average Bonchev–Trinajstić information content (AvgIpc) is 2.94. The fourth-order valence-electron chi connectivity index (χ4n) is 2.13. The van der Waals surface area contributed by atoms with E-state index in [-0.39, 0.29) is 18.3 Å². The molecule has 0 saturated carbocycles. The minimum Gasteiger partial charge on any atom is -0.444 e. The van der Waals surface area contributed by atoms with Crippen LogP contribution in [0.4, 0.5) is 5.88 Å². The van der Waals surface area contributed by atoms with Gasteiger partial charge in [0, 0.05) is 17.0 Å². The number of thiophene rings is 1. The summed E-state index contributed by atoms with van der Waals surface area (Å²) in [6.45, 7) is 6.60. The molecule has 0 aliphatic carbocycles. The molecule has 116 valence electrons. The van der Waals surface area contributed by atoms with Crippen molar-refractivity contribution in [2.24, 2.45) is 0 Å². The molecule has 2 rings (SSSR count). The van der Waals surface area contributed by atoms with Gasteiger partial charge in [-0.25, -0.2) is 0 Å². The van der Waals surface area contributed by atoms with Gasteiger partial charge in [-0.2, -0.15) is 5.26 Å². The van der Waals surface area contributed by atoms with Crippen LogP contribution < -0.4 is 5.32 Å². The molecule has 0 aliphatic rings. The number of carbonyl (C=O) groups excluding carboxylic acids is 1. The number of aryl methyl sites for hydroxylation is 2. The van der Waals surface area contributed by atoms with E-state index in [1.165, 1.54) is 10.4 Å². The van der Waals surface area contributed by atoms with Gasteiger partial charge >= 0.3 is 0 Å². The fraction of sp³-hybridized carbons (Fsp3) is 0.375. The molecule has 0 unspecified atom stereocenters. The van der Waals surface area contributed by atoms with E-state index in [0.29, 0.717) is 11.3 Å². The zero-order valence-electron chi connectivity index (χ0n) is 13.2. The number of rotatable bonds is 5. The first kappa shape index (κ1) is 16.3. The maximum absolute atomic E-state index is 12.1. The van der Waals surface area contributed by atoms with Gasteiger partial charge in [0.25, 0.3) is 0 Å². The molecule has 0 saturated heterocycles. The molecular formula is C16H19N3O2S. The highest BCUT2D eigenvalue weighted by Gasteiger charge is 2.17. The zero-order chi connectivity index (χ0) is 16.3. The molecule has 0 bridgehead atoms. The van der Waals surface area contributed by atoms with Crippen molar-refractivity contribution in [2.75, 3.05) is 18.9 Å². The molecular weight excluding hydrogens is 298 g/mol. The van der Waals surface area contributed by atoms with Crippen LogP contribution in [-0.4, -0.2) is 24.4 Å². The molecule has 5 nitrogen and oxygen atoms in total. The van der Waals surface area contributed by atoms with E-state index < -0.39 is 0 Å². The number of nitrogens with one attached hydrogen (secondary N) is 1. The second-order valence-electron chi connectivity index (χ2n) is 5.35. The zero-order valence-corrected chi connectivity index (χ0v) is 14.0. The van der Waals surface area contributed by atoms with Crippen molar-refractivity contribution in [1.82, 2.24) is 4.90 Å². The van der Waals surface area contributed by atoms with Gasteiger partial charge in [-0.15, -0.1) is 11.3 Å². The smallest absolute Gasteiger partial charge is 0.240 e. The Morgan fingerprint density at radius 3 is 2.77 bits per heavy atom. The van der Waals surface area contributed by atoms with Crippen LogP contribution >= 0.6 is 11.3 Å². The van der Waals surface area contributed by atoms with Crippen molar-refractivity contribution in [3.05, 3.63) is 38.8 Å². The van der Waals surface area contributed by atoms with Crippen molar-refractivity contribution in [3.8, 4) is 6.07 Å². The summed E-state index contributed by atoms with van der Waals surface area (Å²) in [5, 5.41) is 13.9. The number of hydrogen-bond acceptors (Lipinski definition) is 5. The second kappa shape index (κ2) is 6.77. The third-order valence-electron chi connectivity index (χ3n) is 3.55. The predicted octanol–water partition coefficient (Wildman–Crippen LogP) is 3.21. The van der Waals surface area contributed by atoms with Crippen LogP contribution in [0.3, 0.4) is 0 Å². The summed E-state index contributed by atoms with van der Waals surface area (Å²) < 4.78 is 5.44. The number of nitrogens with zero attached hydrogens (tertiary/aromatic N) is 2. The third-order valence-corrected chi connectivity index (χ3v) is 4.55. The number of nitriles is 1.